The van der Waals surface area contributed by atoms with Gasteiger partial charge in [-0.05, 0) is 11.5 Å². The van der Waals surface area contributed by atoms with E-state index in [1.54, 1.807) is 7.05 Å². The fourth-order valence-corrected chi connectivity index (χ4v) is 3.60. The molecular weight excluding hydrogens is 190 g/mol. The van der Waals surface area contributed by atoms with Gasteiger partial charge in [-0.2, -0.15) is 0 Å². The molecule has 1 N–H and O–H groups in total. The van der Waals surface area contributed by atoms with Crippen LogP contribution in [0.5, 0.6) is 0 Å². The van der Waals surface area contributed by atoms with Gasteiger partial charge in [-0.15, -0.1) is 0 Å². The van der Waals surface area contributed by atoms with Gasteiger partial charge < -0.3 is 5.32 Å². The highest BCUT2D eigenvalue weighted by Gasteiger charge is 2.34. The molecule has 0 saturated heterocycles. The molecule has 1 unspecified atom stereocenters. The number of hydrogen-bond donors (Lipinski definition) is 1. The van der Waals surface area contributed by atoms with Crippen LogP contribution in [-0.2, 0) is 4.79 Å². The van der Waals surface area contributed by atoms with E-state index in [-0.39, 0.29) is 17.2 Å². The third-order valence-electron chi connectivity index (χ3n) is 2.42. The average Bonchev–Trinajstić information content (AvgIpc) is 1.95. The van der Waals surface area contributed by atoms with Crippen LogP contribution in [-0.4, -0.2) is 21.0 Å². The lowest BCUT2D eigenvalue weighted by Crippen LogP contribution is -2.40. The lowest BCUT2D eigenvalue weighted by Gasteiger charge is -2.33. The van der Waals surface area contributed by atoms with E-state index in [1.807, 2.05) is 0 Å². The predicted octanol–water partition coefficient (Wildman–Crippen LogP) is 2.73. The molecule has 0 fully saturated rings. The van der Waals surface area contributed by atoms with Crippen molar-refractivity contribution in [1.29, 1.82) is 0 Å². The summed E-state index contributed by atoms with van der Waals surface area (Å²) in [5.41, 5.74) is 0.0698. The molecule has 1 atom stereocenters. The molecule has 2 nitrogen and oxygen atoms in total. The van der Waals surface area contributed by atoms with Crippen molar-refractivity contribution in [3.8, 4) is 0 Å². The van der Waals surface area contributed by atoms with Gasteiger partial charge in [0.05, 0.1) is 0 Å². The number of amides is 1. The lowest BCUT2D eigenvalue weighted by molar-refractivity contribution is -0.126. The fourth-order valence-electron chi connectivity index (χ4n) is 1.58. The zero-order valence-electron chi connectivity index (χ0n) is 10.7. The molecule has 84 valence electrons. The van der Waals surface area contributed by atoms with Crippen LogP contribution in [0.1, 0.15) is 20.8 Å². The van der Waals surface area contributed by atoms with E-state index >= 15 is 0 Å². The number of nitrogens with one attached hydrogen (secondary N) is 1. The summed E-state index contributed by atoms with van der Waals surface area (Å²) in [7, 11) is 0.558. The highest BCUT2D eigenvalue weighted by Crippen LogP contribution is 2.33. The molecule has 0 aromatic carbocycles. The molecule has 0 saturated carbocycles. The first-order valence-electron chi connectivity index (χ1n) is 5.29. The van der Waals surface area contributed by atoms with Gasteiger partial charge in [-0.3, -0.25) is 4.79 Å². The summed E-state index contributed by atoms with van der Waals surface area (Å²) in [6.45, 7) is 13.4. The Hall–Kier alpha value is -0.313. The Morgan fingerprint density at radius 1 is 1.29 bits per heavy atom. The van der Waals surface area contributed by atoms with Gasteiger partial charge in [-0.1, -0.05) is 40.4 Å². The molecule has 0 aromatic rings. The molecule has 0 aromatic heterocycles. The molecule has 14 heavy (non-hydrogen) atoms. The summed E-state index contributed by atoms with van der Waals surface area (Å²) in [4.78, 5) is 11.7. The molecule has 1 amide bonds. The summed E-state index contributed by atoms with van der Waals surface area (Å²) in [6.07, 6.45) is 0. The largest absolute Gasteiger partial charge is 0.359 e. The maximum absolute atomic E-state index is 11.7. The van der Waals surface area contributed by atoms with Gasteiger partial charge in [0.2, 0.25) is 5.91 Å². The minimum atomic E-state index is -1.17. The van der Waals surface area contributed by atoms with E-state index in [4.69, 9.17) is 0 Å². The highest BCUT2D eigenvalue weighted by molar-refractivity contribution is 6.76. The summed E-state index contributed by atoms with van der Waals surface area (Å²) < 4.78 is 0. The predicted molar refractivity (Wildman–Crippen MR) is 65.2 cm³/mol. The lowest BCUT2D eigenvalue weighted by atomic mass is 9.81. The fraction of sp³-hybridized carbons (Fsp3) is 0.909. The topological polar surface area (TPSA) is 29.1 Å². The Labute approximate surface area is 89.5 Å². The third kappa shape index (κ3) is 4.79. The molecule has 0 rings (SSSR count). The van der Waals surface area contributed by atoms with Crippen LogP contribution in [0.3, 0.4) is 0 Å². The second-order valence-corrected chi connectivity index (χ2v) is 11.8. The molecule has 0 radical (unpaired) electrons. The first kappa shape index (κ1) is 13.7. The number of hydrogen-bond acceptors (Lipinski definition) is 1. The Balaban J connectivity index is 4.67. The Bertz CT molecular complexity index is 200. The molecule has 0 aliphatic carbocycles. The normalized spacial score (nSPS) is 15.1. The van der Waals surface area contributed by atoms with Gasteiger partial charge in [0.25, 0.3) is 0 Å². The maximum Gasteiger partial charge on any atom is 0.223 e. The minimum absolute atomic E-state index is 0.0698. The number of rotatable bonds is 3. The van der Waals surface area contributed by atoms with Crippen molar-refractivity contribution in [2.24, 2.45) is 11.3 Å². The van der Waals surface area contributed by atoms with E-state index < -0.39 is 8.07 Å². The zero-order valence-corrected chi connectivity index (χ0v) is 11.7. The summed E-state index contributed by atoms with van der Waals surface area (Å²) >= 11 is 0. The molecule has 0 heterocycles. The van der Waals surface area contributed by atoms with Gasteiger partial charge in [0.1, 0.15) is 0 Å². The summed E-state index contributed by atoms with van der Waals surface area (Å²) in [6, 6.07) is 1.07. The number of carbonyl (C=O) groups excluding carboxylic acids is 1. The van der Waals surface area contributed by atoms with Crippen molar-refractivity contribution in [3.05, 3.63) is 0 Å². The quantitative estimate of drug-likeness (QED) is 0.721. The Morgan fingerprint density at radius 2 is 1.71 bits per heavy atom. The SMILES string of the molecule is CNC(=O)C(C[Si](C)(C)C)C(C)(C)C. The van der Waals surface area contributed by atoms with Crippen LogP contribution in [0.4, 0.5) is 0 Å². The van der Waals surface area contributed by atoms with Crippen molar-refractivity contribution in [1.82, 2.24) is 5.32 Å². The van der Waals surface area contributed by atoms with E-state index in [1.165, 1.54) is 0 Å². The standard InChI is InChI=1S/C11H25NOSi/c1-11(2,3)9(10(13)12-4)8-14(5,6)7/h9H,8H2,1-7H3,(H,12,13). The van der Waals surface area contributed by atoms with Crippen LogP contribution in [0.25, 0.3) is 0 Å². The molecule has 0 spiro atoms. The second kappa shape index (κ2) is 4.47. The van der Waals surface area contributed by atoms with Crippen molar-refractivity contribution < 1.29 is 4.79 Å². The van der Waals surface area contributed by atoms with Crippen molar-refractivity contribution in [3.63, 3.8) is 0 Å². The van der Waals surface area contributed by atoms with E-state index in [0.29, 0.717) is 0 Å². The van der Waals surface area contributed by atoms with Crippen molar-refractivity contribution in [2.45, 2.75) is 46.5 Å². The van der Waals surface area contributed by atoms with Gasteiger partial charge in [0.15, 0.2) is 0 Å². The summed E-state index contributed by atoms with van der Waals surface area (Å²) in [5, 5.41) is 2.78. The van der Waals surface area contributed by atoms with Crippen LogP contribution in [0.2, 0.25) is 25.7 Å². The van der Waals surface area contributed by atoms with Crippen LogP contribution in [0.15, 0.2) is 0 Å². The summed E-state index contributed by atoms with van der Waals surface area (Å²) in [5.74, 6) is 0.346. The van der Waals surface area contributed by atoms with Crippen molar-refractivity contribution >= 4 is 14.0 Å². The van der Waals surface area contributed by atoms with Crippen LogP contribution >= 0.6 is 0 Å². The van der Waals surface area contributed by atoms with Gasteiger partial charge >= 0.3 is 0 Å². The van der Waals surface area contributed by atoms with E-state index in [0.717, 1.165) is 6.04 Å². The van der Waals surface area contributed by atoms with Gasteiger partial charge in [0, 0.05) is 21.0 Å². The molecule has 0 aliphatic heterocycles. The van der Waals surface area contributed by atoms with E-state index in [2.05, 4.69) is 45.7 Å². The number of carbonyl (C=O) groups is 1. The second-order valence-electron chi connectivity index (χ2n) is 6.30. The van der Waals surface area contributed by atoms with Crippen molar-refractivity contribution in [2.75, 3.05) is 7.05 Å². The van der Waals surface area contributed by atoms with Crippen LogP contribution in [0, 0.1) is 11.3 Å². The highest BCUT2D eigenvalue weighted by atomic mass is 28.3. The smallest absolute Gasteiger partial charge is 0.223 e. The molecule has 0 bridgehead atoms. The zero-order chi connectivity index (χ0) is 11.6. The van der Waals surface area contributed by atoms with Gasteiger partial charge in [-0.25, -0.2) is 0 Å². The Kier molecular flexibility index (Phi) is 4.37. The van der Waals surface area contributed by atoms with Crippen LogP contribution < -0.4 is 5.32 Å². The average molecular weight is 215 g/mol. The monoisotopic (exact) mass is 215 g/mol. The first-order valence-corrected chi connectivity index (χ1v) is 9.00. The molecular formula is C11H25NOSi. The molecule has 0 aliphatic rings. The van der Waals surface area contributed by atoms with E-state index in [9.17, 15) is 4.79 Å². The minimum Gasteiger partial charge on any atom is -0.359 e. The Morgan fingerprint density at radius 3 is 1.93 bits per heavy atom. The third-order valence-corrected chi connectivity index (χ3v) is 4.06. The maximum atomic E-state index is 11.7. The first-order chi connectivity index (χ1) is 6.08. The molecule has 3 heteroatoms.